The summed E-state index contributed by atoms with van der Waals surface area (Å²) in [4.78, 5) is 17.7. The van der Waals surface area contributed by atoms with Gasteiger partial charge in [-0.2, -0.15) is 0 Å². The molecule has 1 N–H and O–H groups in total. The van der Waals surface area contributed by atoms with Gasteiger partial charge in [-0.25, -0.2) is 9.37 Å². The predicted octanol–water partition coefficient (Wildman–Crippen LogP) is 6.34. The summed E-state index contributed by atoms with van der Waals surface area (Å²) in [6, 6.07) is 31.6. The molecule has 0 saturated heterocycles. The van der Waals surface area contributed by atoms with Crippen molar-refractivity contribution in [1.29, 1.82) is 0 Å². The molecule has 1 heterocycles. The van der Waals surface area contributed by atoms with Crippen LogP contribution in [0.25, 0.3) is 11.0 Å². The second-order valence-corrected chi connectivity index (χ2v) is 8.95. The Morgan fingerprint density at radius 2 is 1.65 bits per heavy atom. The first kappa shape index (κ1) is 24.3. The number of hydrogen-bond donors (Lipinski definition) is 1. The third kappa shape index (κ3) is 5.86. The number of amides is 1. The Balaban J connectivity index is 1.42. The minimum atomic E-state index is -0.369. The highest BCUT2D eigenvalue weighted by atomic mass is 19.1. The molecule has 0 aliphatic carbocycles. The van der Waals surface area contributed by atoms with Crippen LogP contribution >= 0.6 is 0 Å². The molecule has 1 atom stereocenters. The maximum atomic E-state index is 13.9. The Bertz CT molecular complexity index is 1500. The van der Waals surface area contributed by atoms with Crippen LogP contribution in [0.3, 0.4) is 0 Å². The lowest BCUT2D eigenvalue weighted by atomic mass is 10.1. The third-order valence-electron chi connectivity index (χ3n) is 6.23. The average molecular weight is 494 g/mol. The summed E-state index contributed by atoms with van der Waals surface area (Å²) in [7, 11) is 0. The number of halogens is 1. The Hall–Kier alpha value is -4.45. The summed E-state index contributed by atoms with van der Waals surface area (Å²) in [6.45, 7) is 2.91. The van der Waals surface area contributed by atoms with Gasteiger partial charge in [0.2, 0.25) is 0 Å². The summed E-state index contributed by atoms with van der Waals surface area (Å²) in [6.07, 6.45) is 0.391. The Kier molecular flexibility index (Phi) is 7.26. The second-order valence-electron chi connectivity index (χ2n) is 8.95. The number of ether oxygens (including phenoxy) is 1. The van der Waals surface area contributed by atoms with Gasteiger partial charge in [0, 0.05) is 18.7 Å². The number of nitrogens with zero attached hydrogens (tertiary/aromatic N) is 2. The molecule has 5 rings (SSSR count). The minimum Gasteiger partial charge on any atom is -0.483 e. The second kappa shape index (κ2) is 11.1. The van der Waals surface area contributed by atoms with E-state index in [1.807, 2.05) is 84.3 Å². The van der Waals surface area contributed by atoms with Gasteiger partial charge in [0.25, 0.3) is 5.91 Å². The monoisotopic (exact) mass is 493 g/mol. The van der Waals surface area contributed by atoms with Crippen LogP contribution in [-0.2, 0) is 13.0 Å². The lowest BCUT2D eigenvalue weighted by molar-refractivity contribution is 0.0954. The zero-order chi connectivity index (χ0) is 25.6. The van der Waals surface area contributed by atoms with E-state index in [0.29, 0.717) is 30.0 Å². The summed E-state index contributed by atoms with van der Waals surface area (Å²) in [5.41, 5.74) is 4.06. The maximum absolute atomic E-state index is 13.9. The average Bonchev–Trinajstić information content (AvgIpc) is 3.27. The van der Waals surface area contributed by atoms with Gasteiger partial charge >= 0.3 is 0 Å². The number of benzene rings is 4. The van der Waals surface area contributed by atoms with Crippen molar-refractivity contribution in [3.63, 3.8) is 0 Å². The first-order chi connectivity index (χ1) is 18.1. The van der Waals surface area contributed by atoms with Gasteiger partial charge in [-0.1, -0.05) is 60.7 Å². The van der Waals surface area contributed by atoms with E-state index in [0.717, 1.165) is 23.3 Å². The van der Waals surface area contributed by atoms with Crippen LogP contribution in [0.5, 0.6) is 5.75 Å². The van der Waals surface area contributed by atoms with Crippen LogP contribution < -0.4 is 10.1 Å². The van der Waals surface area contributed by atoms with Crippen LogP contribution in [0.15, 0.2) is 103 Å². The predicted molar refractivity (Wildman–Crippen MR) is 143 cm³/mol. The lowest BCUT2D eigenvalue weighted by Crippen LogP contribution is -2.25. The van der Waals surface area contributed by atoms with Crippen molar-refractivity contribution < 1.29 is 13.9 Å². The molecule has 4 aromatic carbocycles. The fourth-order valence-electron chi connectivity index (χ4n) is 4.41. The van der Waals surface area contributed by atoms with E-state index in [1.165, 1.54) is 17.7 Å². The van der Waals surface area contributed by atoms with Crippen molar-refractivity contribution in [3.05, 3.63) is 131 Å². The van der Waals surface area contributed by atoms with Gasteiger partial charge in [-0.15, -0.1) is 0 Å². The smallest absolute Gasteiger partial charge is 0.251 e. The highest BCUT2D eigenvalue weighted by Crippen LogP contribution is 2.27. The zero-order valence-electron chi connectivity index (χ0n) is 20.6. The number of rotatable bonds is 9. The van der Waals surface area contributed by atoms with E-state index < -0.39 is 0 Å². The molecule has 5 nitrogen and oxygen atoms in total. The molecule has 1 unspecified atom stereocenters. The van der Waals surface area contributed by atoms with Crippen LogP contribution in [0.1, 0.15) is 40.3 Å². The molecule has 6 heteroatoms. The first-order valence-electron chi connectivity index (χ1n) is 12.4. The highest BCUT2D eigenvalue weighted by molar-refractivity contribution is 5.97. The SMILES string of the molecule is CC(Oc1ccccc1)c1nc2cc(C(=O)NCCc3ccccc3)ccc2n1Cc1cccc(F)c1. The van der Waals surface area contributed by atoms with Gasteiger partial charge in [-0.3, -0.25) is 4.79 Å². The number of nitrogens with one attached hydrogen (secondary N) is 1. The largest absolute Gasteiger partial charge is 0.483 e. The Morgan fingerprint density at radius 1 is 0.919 bits per heavy atom. The van der Waals surface area contributed by atoms with E-state index in [-0.39, 0.29) is 17.8 Å². The molecular formula is C31H28FN3O2. The van der Waals surface area contributed by atoms with Gasteiger partial charge in [0.15, 0.2) is 11.9 Å². The lowest BCUT2D eigenvalue weighted by Gasteiger charge is -2.17. The van der Waals surface area contributed by atoms with Gasteiger partial charge in [-0.05, 0) is 66.9 Å². The van der Waals surface area contributed by atoms with Crippen LogP contribution in [0.2, 0.25) is 0 Å². The molecule has 37 heavy (non-hydrogen) atoms. The van der Waals surface area contributed by atoms with Crippen LogP contribution in [0.4, 0.5) is 4.39 Å². The molecule has 0 aliphatic rings. The van der Waals surface area contributed by atoms with Gasteiger partial charge in [0.1, 0.15) is 11.6 Å². The molecule has 186 valence electrons. The van der Waals surface area contributed by atoms with Crippen molar-refractivity contribution >= 4 is 16.9 Å². The van der Waals surface area contributed by atoms with Crippen molar-refractivity contribution in [2.45, 2.75) is 26.0 Å². The summed E-state index contributed by atoms with van der Waals surface area (Å²) < 4.78 is 22.1. The van der Waals surface area contributed by atoms with Crippen molar-refractivity contribution in [2.24, 2.45) is 0 Å². The zero-order valence-corrected chi connectivity index (χ0v) is 20.6. The molecule has 0 bridgehead atoms. The number of para-hydroxylation sites is 1. The van der Waals surface area contributed by atoms with Crippen LogP contribution in [-0.4, -0.2) is 22.0 Å². The molecular weight excluding hydrogens is 465 g/mol. The molecule has 0 radical (unpaired) electrons. The molecule has 0 spiro atoms. The number of fused-ring (bicyclic) bond motifs is 1. The first-order valence-corrected chi connectivity index (χ1v) is 12.4. The Labute approximate surface area is 215 Å². The van der Waals surface area contributed by atoms with E-state index in [4.69, 9.17) is 9.72 Å². The normalized spacial score (nSPS) is 11.8. The van der Waals surface area contributed by atoms with Gasteiger partial charge in [0.05, 0.1) is 11.0 Å². The fraction of sp³-hybridized carbons (Fsp3) is 0.161. The summed E-state index contributed by atoms with van der Waals surface area (Å²) in [5, 5.41) is 3.00. The molecule has 1 amide bonds. The standard InChI is InChI=1S/C31H28FN3O2/c1-22(37-27-13-6-3-7-14-27)30-34-28-20-25(31(36)33-18-17-23-9-4-2-5-10-23)15-16-29(28)35(30)21-24-11-8-12-26(32)19-24/h2-16,19-20,22H,17-18,21H2,1H3,(H,33,36). The molecule has 0 fully saturated rings. The number of carbonyl (C=O) groups is 1. The molecule has 0 saturated carbocycles. The topological polar surface area (TPSA) is 56.1 Å². The van der Waals surface area contributed by atoms with Gasteiger partial charge < -0.3 is 14.6 Å². The van der Waals surface area contributed by atoms with E-state index in [1.54, 1.807) is 18.2 Å². The van der Waals surface area contributed by atoms with E-state index in [2.05, 4.69) is 5.32 Å². The maximum Gasteiger partial charge on any atom is 0.251 e. The number of hydrogen-bond acceptors (Lipinski definition) is 3. The fourth-order valence-corrected chi connectivity index (χ4v) is 4.41. The minimum absolute atomic E-state index is 0.146. The number of aromatic nitrogens is 2. The number of carbonyl (C=O) groups excluding carboxylic acids is 1. The van der Waals surface area contributed by atoms with Crippen molar-refractivity contribution in [2.75, 3.05) is 6.54 Å². The third-order valence-corrected chi connectivity index (χ3v) is 6.23. The van der Waals surface area contributed by atoms with E-state index >= 15 is 0 Å². The summed E-state index contributed by atoms with van der Waals surface area (Å²) in [5.74, 6) is 1.00. The van der Waals surface area contributed by atoms with Crippen LogP contribution in [0, 0.1) is 5.82 Å². The molecule has 5 aromatic rings. The Morgan fingerprint density at radius 3 is 2.41 bits per heavy atom. The quantitative estimate of drug-likeness (QED) is 0.261. The van der Waals surface area contributed by atoms with Crippen molar-refractivity contribution in [1.82, 2.24) is 14.9 Å². The highest BCUT2D eigenvalue weighted by Gasteiger charge is 2.20. The van der Waals surface area contributed by atoms with E-state index in [9.17, 15) is 9.18 Å². The molecule has 1 aromatic heterocycles. The molecule has 0 aliphatic heterocycles. The van der Waals surface area contributed by atoms with Crippen molar-refractivity contribution in [3.8, 4) is 5.75 Å². The summed E-state index contributed by atoms with van der Waals surface area (Å²) >= 11 is 0. The number of imidazole rings is 1.